The van der Waals surface area contributed by atoms with Gasteiger partial charge in [-0.3, -0.25) is 19.2 Å². The van der Waals surface area contributed by atoms with E-state index in [1.165, 1.54) is 33.1 Å². The highest BCUT2D eigenvalue weighted by atomic mass is 16.6. The number of hydrogen-bond acceptors (Lipinski definition) is 11. The van der Waals surface area contributed by atoms with Crippen molar-refractivity contribution in [2.24, 2.45) is 34.0 Å². The first-order valence-corrected chi connectivity index (χ1v) is 14.1. The highest BCUT2D eigenvalue weighted by Gasteiger charge is 2.84. The van der Waals surface area contributed by atoms with Crippen LogP contribution >= 0.6 is 0 Å². The van der Waals surface area contributed by atoms with E-state index in [2.05, 4.69) is 6.58 Å². The van der Waals surface area contributed by atoms with E-state index in [1.807, 2.05) is 13.8 Å². The van der Waals surface area contributed by atoms with E-state index < -0.39 is 88.1 Å². The van der Waals surface area contributed by atoms with E-state index in [0.29, 0.717) is 12.0 Å². The number of rotatable bonds is 6. The fourth-order valence-electron chi connectivity index (χ4n) is 8.72. The molecule has 1 N–H and O–H groups in total. The van der Waals surface area contributed by atoms with Gasteiger partial charge >= 0.3 is 23.9 Å². The molecule has 10 atom stereocenters. The molecule has 1 saturated heterocycles. The van der Waals surface area contributed by atoms with Gasteiger partial charge in [0.15, 0.2) is 5.78 Å². The summed E-state index contributed by atoms with van der Waals surface area (Å²) >= 11 is 0. The third kappa shape index (κ3) is 3.96. The number of carbonyl (C=O) groups is 5. The third-order valence-corrected chi connectivity index (χ3v) is 10.6. The summed E-state index contributed by atoms with van der Waals surface area (Å²) in [5, 5.41) is 10.1. The number of epoxide rings is 1. The molecule has 11 nitrogen and oxygen atoms in total. The molecule has 42 heavy (non-hydrogen) atoms. The van der Waals surface area contributed by atoms with E-state index in [1.54, 1.807) is 19.9 Å². The van der Waals surface area contributed by atoms with Gasteiger partial charge in [0.1, 0.15) is 17.8 Å². The quantitative estimate of drug-likeness (QED) is 0.211. The maximum atomic E-state index is 13.2. The summed E-state index contributed by atoms with van der Waals surface area (Å²) in [4.78, 5) is 64.1. The van der Waals surface area contributed by atoms with E-state index in [9.17, 15) is 29.1 Å². The lowest BCUT2D eigenvalue weighted by Crippen LogP contribution is -2.67. The van der Waals surface area contributed by atoms with Crippen molar-refractivity contribution >= 4 is 29.7 Å². The largest absolute Gasteiger partial charge is 0.469 e. The molecule has 0 aromatic heterocycles. The second-order valence-corrected chi connectivity index (χ2v) is 13.1. The Morgan fingerprint density at radius 3 is 2.29 bits per heavy atom. The van der Waals surface area contributed by atoms with Crippen molar-refractivity contribution in [1.29, 1.82) is 0 Å². The Bertz CT molecular complexity index is 1340. The Hall–Kier alpha value is -3.31. The lowest BCUT2D eigenvalue weighted by atomic mass is 9.46. The molecule has 0 aromatic rings. The van der Waals surface area contributed by atoms with Gasteiger partial charge in [0, 0.05) is 42.1 Å². The number of aliphatic hydroxyl groups is 1. The molecule has 11 heteroatoms. The highest BCUT2D eigenvalue weighted by molar-refractivity contribution is 5.96. The average Bonchev–Trinajstić information content (AvgIpc) is 3.44. The van der Waals surface area contributed by atoms with Crippen LogP contribution in [0, 0.1) is 34.0 Å². The van der Waals surface area contributed by atoms with Crippen LogP contribution in [-0.4, -0.2) is 72.1 Å². The number of carbonyl (C=O) groups excluding carboxylic acids is 5. The van der Waals surface area contributed by atoms with Crippen LogP contribution in [0.3, 0.4) is 0 Å². The minimum atomic E-state index is -1.41. The molecular formula is C31H38O11. The van der Waals surface area contributed by atoms with Gasteiger partial charge in [-0.25, -0.2) is 4.79 Å². The second-order valence-electron chi connectivity index (χ2n) is 13.1. The molecular weight excluding hydrogens is 548 g/mol. The van der Waals surface area contributed by atoms with Gasteiger partial charge < -0.3 is 28.8 Å². The monoisotopic (exact) mass is 586 g/mol. The Kier molecular flexibility index (Phi) is 6.89. The molecule has 228 valence electrons. The van der Waals surface area contributed by atoms with Crippen molar-refractivity contribution in [3.8, 4) is 0 Å². The highest BCUT2D eigenvalue weighted by Crippen LogP contribution is 2.76. The van der Waals surface area contributed by atoms with Gasteiger partial charge in [-0.05, 0) is 30.1 Å². The van der Waals surface area contributed by atoms with Crippen LogP contribution in [0.1, 0.15) is 54.4 Å². The summed E-state index contributed by atoms with van der Waals surface area (Å²) in [6, 6.07) is 0. The Labute approximate surface area is 244 Å². The number of hydrogen-bond donors (Lipinski definition) is 1. The van der Waals surface area contributed by atoms with Crippen LogP contribution < -0.4 is 0 Å². The smallest absolute Gasteiger partial charge is 0.336 e. The SMILES string of the molecule is C=C1[C@H]([C@@]2(C)C=CC(=O)C(C)(C)[C@H]2CC(=O)OC)[C@@H](OC(C)=O)[C@@H](OC(C)=O)[C@@]2(C)[C@@H](C3=C[C@H](O)OC3=O)C[C@H]3O[C@]132. The number of aliphatic hydroxyl groups excluding tert-OH is 1. The fraction of sp³-hybridized carbons (Fsp3) is 0.645. The van der Waals surface area contributed by atoms with Crippen molar-refractivity contribution < 1.29 is 52.8 Å². The first-order valence-electron chi connectivity index (χ1n) is 14.1. The lowest BCUT2D eigenvalue weighted by Gasteiger charge is -2.59. The minimum absolute atomic E-state index is 0.112. The standard InChI is InChI=1S/C31H38O11/c1-14-24(29(6)10-9-20(34)28(4,5)19(29)13-22(35)38-8)25(39-15(2)32)26(40-16(3)33)30(7)18(12-21-31(14,30)42-21)17-11-23(36)41-27(17)37/h9-11,18-19,21,23-26,36H,1,12-13H2,2-8H3/t18-,19-,21-,23-,24+,25-,26-,29+,30-,31-/m1/s1. The Balaban J connectivity index is 1.73. The van der Waals surface area contributed by atoms with Crippen molar-refractivity contribution in [2.45, 2.75) is 84.6 Å². The minimum Gasteiger partial charge on any atom is -0.469 e. The number of cyclic esters (lactones) is 1. The van der Waals surface area contributed by atoms with Gasteiger partial charge in [0.05, 0.1) is 25.0 Å². The fourth-order valence-corrected chi connectivity index (χ4v) is 8.72. The molecule has 0 radical (unpaired) electrons. The van der Waals surface area contributed by atoms with Gasteiger partial charge in [-0.15, -0.1) is 0 Å². The molecule has 2 saturated carbocycles. The second kappa shape index (κ2) is 9.60. The number of allylic oxidation sites excluding steroid dienone is 2. The zero-order valence-corrected chi connectivity index (χ0v) is 24.9. The summed E-state index contributed by atoms with van der Waals surface area (Å²) in [6.07, 6.45) is 0.652. The molecule has 3 fully saturated rings. The van der Waals surface area contributed by atoms with Crippen molar-refractivity contribution in [1.82, 2.24) is 0 Å². The maximum absolute atomic E-state index is 13.2. The zero-order valence-electron chi connectivity index (χ0n) is 24.9. The van der Waals surface area contributed by atoms with Crippen molar-refractivity contribution in [3.63, 3.8) is 0 Å². The molecule has 5 aliphatic rings. The Morgan fingerprint density at radius 1 is 1.10 bits per heavy atom. The van der Waals surface area contributed by atoms with Crippen LogP contribution in [0.5, 0.6) is 0 Å². The van der Waals surface area contributed by atoms with Gasteiger partial charge in [0.2, 0.25) is 6.29 Å². The van der Waals surface area contributed by atoms with Crippen LogP contribution in [0.2, 0.25) is 0 Å². The summed E-state index contributed by atoms with van der Waals surface area (Å²) in [5.74, 6) is -4.68. The average molecular weight is 587 g/mol. The predicted octanol–water partition coefficient (Wildman–Crippen LogP) is 2.35. The van der Waals surface area contributed by atoms with Gasteiger partial charge in [0.25, 0.3) is 0 Å². The molecule has 0 amide bonds. The summed E-state index contributed by atoms with van der Waals surface area (Å²) in [5.41, 5.74) is -3.55. The molecule has 5 rings (SSSR count). The number of ketones is 1. The summed E-state index contributed by atoms with van der Waals surface area (Å²) < 4.78 is 28.5. The number of methoxy groups -OCH3 is 1. The van der Waals surface area contributed by atoms with Crippen LogP contribution in [0.25, 0.3) is 0 Å². The van der Waals surface area contributed by atoms with E-state index >= 15 is 0 Å². The third-order valence-electron chi connectivity index (χ3n) is 10.6. The van der Waals surface area contributed by atoms with Gasteiger partial charge in [-0.2, -0.15) is 0 Å². The molecule has 0 bridgehead atoms. The van der Waals surface area contributed by atoms with Gasteiger partial charge in [-0.1, -0.05) is 40.3 Å². The summed E-state index contributed by atoms with van der Waals surface area (Å²) in [6.45, 7) is 14.2. The topological polar surface area (TPSA) is 155 Å². The molecule has 2 aliphatic heterocycles. The van der Waals surface area contributed by atoms with Crippen molar-refractivity contribution in [2.75, 3.05) is 7.11 Å². The van der Waals surface area contributed by atoms with Crippen LogP contribution in [0.4, 0.5) is 0 Å². The van der Waals surface area contributed by atoms with E-state index in [-0.39, 0.29) is 17.8 Å². The first kappa shape index (κ1) is 30.2. The van der Waals surface area contributed by atoms with E-state index in [0.717, 1.165) is 0 Å². The maximum Gasteiger partial charge on any atom is 0.336 e. The Morgan fingerprint density at radius 2 is 1.74 bits per heavy atom. The summed E-state index contributed by atoms with van der Waals surface area (Å²) in [7, 11) is 1.27. The normalized spacial score (nSPS) is 43.1. The van der Waals surface area contributed by atoms with Crippen LogP contribution in [0.15, 0.2) is 36.0 Å². The number of esters is 4. The molecule has 0 unspecified atom stereocenters. The molecule has 3 aliphatic carbocycles. The first-order chi connectivity index (χ1) is 19.5. The molecule has 0 aromatic carbocycles. The van der Waals surface area contributed by atoms with Crippen LogP contribution in [-0.2, 0) is 47.7 Å². The molecule has 2 heterocycles. The number of ether oxygens (including phenoxy) is 5. The zero-order chi connectivity index (χ0) is 31.2. The molecule has 1 spiro atoms. The van der Waals surface area contributed by atoms with Crippen molar-refractivity contribution in [3.05, 3.63) is 36.0 Å². The predicted molar refractivity (Wildman–Crippen MR) is 144 cm³/mol. The van der Waals surface area contributed by atoms with E-state index in [4.69, 9.17) is 23.7 Å². The lowest BCUT2D eigenvalue weighted by molar-refractivity contribution is -0.209.